The average Bonchev–Trinajstić information content (AvgIpc) is 2.88. The van der Waals surface area contributed by atoms with Crippen LogP contribution in [-0.2, 0) is 25.9 Å². The molecule has 0 aliphatic rings. The molecule has 0 fully saturated rings. The van der Waals surface area contributed by atoms with Crippen LogP contribution < -0.4 is 5.32 Å². The number of aryl methyl sites for hydroxylation is 2. The molecule has 0 unspecified atom stereocenters. The number of benzene rings is 1. The Morgan fingerprint density at radius 1 is 1.00 bits per heavy atom. The lowest BCUT2D eigenvalue weighted by atomic mass is 10.1. The van der Waals surface area contributed by atoms with E-state index in [9.17, 15) is 0 Å². The molecule has 1 heterocycles. The monoisotopic (exact) mass is 271 g/mol. The third-order valence-electron chi connectivity index (χ3n) is 3.57. The molecular weight excluding hydrogens is 246 g/mol. The van der Waals surface area contributed by atoms with Crippen LogP contribution in [-0.4, -0.2) is 16.3 Å². The number of hydrogen-bond donors (Lipinski definition) is 1. The standard InChI is InChI=1S/C17H25N3/c1-4-16-11-17(5-2)20(19-16)13-15-9-7-14(8-10-15)12-18-6-3/h7-11,18H,4-6,12-13H2,1-3H3. The van der Waals surface area contributed by atoms with Crippen molar-refractivity contribution >= 4 is 0 Å². The van der Waals surface area contributed by atoms with Crippen molar-refractivity contribution in [2.75, 3.05) is 6.54 Å². The van der Waals surface area contributed by atoms with Crippen molar-refractivity contribution in [1.82, 2.24) is 15.1 Å². The number of aromatic nitrogens is 2. The maximum atomic E-state index is 4.67. The van der Waals surface area contributed by atoms with E-state index in [0.29, 0.717) is 0 Å². The van der Waals surface area contributed by atoms with Crippen LogP contribution in [0.15, 0.2) is 30.3 Å². The molecule has 20 heavy (non-hydrogen) atoms. The molecule has 1 aromatic carbocycles. The van der Waals surface area contributed by atoms with E-state index < -0.39 is 0 Å². The van der Waals surface area contributed by atoms with Crippen LogP contribution in [0.4, 0.5) is 0 Å². The van der Waals surface area contributed by atoms with Crippen LogP contribution in [0, 0.1) is 0 Å². The van der Waals surface area contributed by atoms with E-state index in [1.807, 2.05) is 0 Å². The SMILES string of the molecule is CCNCc1ccc(Cn2nc(CC)cc2CC)cc1. The van der Waals surface area contributed by atoms with Crippen LogP contribution in [0.2, 0.25) is 0 Å². The lowest BCUT2D eigenvalue weighted by Crippen LogP contribution is -2.11. The Morgan fingerprint density at radius 3 is 2.30 bits per heavy atom. The Labute approximate surface area is 122 Å². The van der Waals surface area contributed by atoms with Gasteiger partial charge < -0.3 is 5.32 Å². The Hall–Kier alpha value is -1.61. The Morgan fingerprint density at radius 2 is 1.70 bits per heavy atom. The molecule has 0 saturated carbocycles. The predicted octanol–water partition coefficient (Wildman–Crippen LogP) is 3.17. The summed E-state index contributed by atoms with van der Waals surface area (Å²) in [6, 6.07) is 11.0. The molecule has 2 aromatic rings. The molecule has 0 bridgehead atoms. The van der Waals surface area contributed by atoms with Gasteiger partial charge in [-0.3, -0.25) is 4.68 Å². The highest BCUT2D eigenvalue weighted by Crippen LogP contribution is 2.11. The topological polar surface area (TPSA) is 29.9 Å². The van der Waals surface area contributed by atoms with E-state index in [2.05, 4.69) is 66.2 Å². The molecular formula is C17H25N3. The first-order valence-corrected chi connectivity index (χ1v) is 7.60. The normalized spacial score (nSPS) is 10.9. The minimum atomic E-state index is 0.866. The molecule has 108 valence electrons. The third-order valence-corrected chi connectivity index (χ3v) is 3.57. The Bertz CT molecular complexity index is 526. The van der Waals surface area contributed by atoms with Gasteiger partial charge in [0, 0.05) is 12.2 Å². The molecule has 0 aliphatic heterocycles. The van der Waals surface area contributed by atoms with Gasteiger partial charge in [-0.25, -0.2) is 0 Å². The van der Waals surface area contributed by atoms with Crippen molar-refractivity contribution in [1.29, 1.82) is 0 Å². The summed E-state index contributed by atoms with van der Waals surface area (Å²) >= 11 is 0. The van der Waals surface area contributed by atoms with Crippen molar-refractivity contribution in [3.63, 3.8) is 0 Å². The quantitative estimate of drug-likeness (QED) is 0.838. The largest absolute Gasteiger partial charge is 0.313 e. The molecule has 1 N–H and O–H groups in total. The third kappa shape index (κ3) is 3.70. The number of nitrogens with one attached hydrogen (secondary N) is 1. The molecule has 0 aliphatic carbocycles. The average molecular weight is 271 g/mol. The van der Waals surface area contributed by atoms with Gasteiger partial charge in [-0.1, -0.05) is 45.0 Å². The van der Waals surface area contributed by atoms with E-state index in [1.165, 1.54) is 22.5 Å². The van der Waals surface area contributed by atoms with Crippen LogP contribution in [0.1, 0.15) is 43.3 Å². The molecule has 3 nitrogen and oxygen atoms in total. The Kier molecular flexibility index (Phi) is 5.36. The summed E-state index contributed by atoms with van der Waals surface area (Å²) in [5.41, 5.74) is 5.15. The van der Waals surface area contributed by atoms with Crippen molar-refractivity contribution < 1.29 is 0 Å². The second-order valence-electron chi connectivity index (χ2n) is 5.09. The number of hydrogen-bond acceptors (Lipinski definition) is 2. The van der Waals surface area contributed by atoms with Gasteiger partial charge in [0.15, 0.2) is 0 Å². The first-order chi connectivity index (χ1) is 9.76. The van der Waals surface area contributed by atoms with Gasteiger partial charge in [0.25, 0.3) is 0 Å². The second kappa shape index (κ2) is 7.25. The Balaban J connectivity index is 2.07. The van der Waals surface area contributed by atoms with Crippen molar-refractivity contribution in [3.05, 3.63) is 52.8 Å². The summed E-state index contributed by atoms with van der Waals surface area (Å²) < 4.78 is 2.14. The highest BCUT2D eigenvalue weighted by Gasteiger charge is 2.05. The summed E-state index contributed by atoms with van der Waals surface area (Å²) in [6.45, 7) is 9.29. The molecule has 2 rings (SSSR count). The van der Waals surface area contributed by atoms with Gasteiger partial charge >= 0.3 is 0 Å². The fourth-order valence-electron chi connectivity index (χ4n) is 2.31. The first kappa shape index (κ1) is 14.8. The molecule has 0 amide bonds. The zero-order valence-electron chi connectivity index (χ0n) is 12.8. The predicted molar refractivity (Wildman–Crippen MR) is 83.9 cm³/mol. The highest BCUT2D eigenvalue weighted by atomic mass is 15.3. The summed E-state index contributed by atoms with van der Waals surface area (Å²) in [7, 11) is 0. The zero-order valence-corrected chi connectivity index (χ0v) is 12.8. The van der Waals surface area contributed by atoms with Crippen molar-refractivity contribution in [3.8, 4) is 0 Å². The van der Waals surface area contributed by atoms with Crippen LogP contribution in [0.25, 0.3) is 0 Å². The smallest absolute Gasteiger partial charge is 0.0662 e. The summed E-state index contributed by atoms with van der Waals surface area (Å²) in [6.07, 6.45) is 2.03. The number of nitrogens with zero attached hydrogens (tertiary/aromatic N) is 2. The lowest BCUT2D eigenvalue weighted by Gasteiger charge is -2.07. The van der Waals surface area contributed by atoms with Gasteiger partial charge in [-0.15, -0.1) is 0 Å². The summed E-state index contributed by atoms with van der Waals surface area (Å²) in [5, 5.41) is 8.02. The maximum Gasteiger partial charge on any atom is 0.0662 e. The summed E-state index contributed by atoms with van der Waals surface area (Å²) in [5.74, 6) is 0. The van der Waals surface area contributed by atoms with Gasteiger partial charge in [0.05, 0.1) is 12.2 Å². The van der Waals surface area contributed by atoms with Crippen molar-refractivity contribution in [2.45, 2.75) is 46.7 Å². The second-order valence-corrected chi connectivity index (χ2v) is 5.09. The maximum absolute atomic E-state index is 4.67. The van der Waals surface area contributed by atoms with Gasteiger partial charge in [0.2, 0.25) is 0 Å². The lowest BCUT2D eigenvalue weighted by molar-refractivity contribution is 0.640. The van der Waals surface area contributed by atoms with E-state index in [-0.39, 0.29) is 0 Å². The van der Waals surface area contributed by atoms with E-state index in [4.69, 9.17) is 0 Å². The molecule has 3 heteroatoms. The van der Waals surface area contributed by atoms with Crippen molar-refractivity contribution in [2.24, 2.45) is 0 Å². The van der Waals surface area contributed by atoms with Gasteiger partial charge in [-0.05, 0) is 36.6 Å². The van der Waals surface area contributed by atoms with E-state index in [1.54, 1.807) is 0 Å². The molecule has 0 atom stereocenters. The van der Waals surface area contributed by atoms with Crippen LogP contribution in [0.3, 0.4) is 0 Å². The fourth-order valence-corrected chi connectivity index (χ4v) is 2.31. The van der Waals surface area contributed by atoms with E-state index >= 15 is 0 Å². The molecule has 1 aromatic heterocycles. The molecule has 0 radical (unpaired) electrons. The minimum Gasteiger partial charge on any atom is -0.313 e. The number of rotatable bonds is 7. The minimum absolute atomic E-state index is 0.866. The van der Waals surface area contributed by atoms with Gasteiger partial charge in [-0.2, -0.15) is 5.10 Å². The fraction of sp³-hybridized carbons (Fsp3) is 0.471. The van der Waals surface area contributed by atoms with Crippen LogP contribution >= 0.6 is 0 Å². The molecule has 0 saturated heterocycles. The first-order valence-electron chi connectivity index (χ1n) is 7.60. The van der Waals surface area contributed by atoms with Gasteiger partial charge in [0.1, 0.15) is 0 Å². The summed E-state index contributed by atoms with van der Waals surface area (Å²) in [4.78, 5) is 0. The van der Waals surface area contributed by atoms with E-state index in [0.717, 1.165) is 32.5 Å². The molecule has 0 spiro atoms. The highest BCUT2D eigenvalue weighted by molar-refractivity contribution is 5.23. The van der Waals surface area contributed by atoms with Crippen LogP contribution in [0.5, 0.6) is 0 Å². The zero-order chi connectivity index (χ0) is 14.4.